The van der Waals surface area contributed by atoms with Crippen LogP contribution in [0.1, 0.15) is 30.4 Å². The standard InChI is InChI=1S/C21H20FN3O3S/c1-21(2,3)28-20(27)25-14-10-8-13(9-11-14)24-18(26)17-12-23-19(29-17)15-6-4-5-7-16(15)22/h4-12H,1-3H3,(H,24,26)(H,25,27). The first-order valence-electron chi connectivity index (χ1n) is 8.83. The monoisotopic (exact) mass is 413 g/mol. The van der Waals surface area contributed by atoms with E-state index < -0.39 is 11.7 Å². The van der Waals surface area contributed by atoms with Gasteiger partial charge < -0.3 is 10.1 Å². The van der Waals surface area contributed by atoms with Crippen LogP contribution in [0.5, 0.6) is 0 Å². The average Bonchev–Trinajstić information content (AvgIpc) is 3.12. The Bertz CT molecular complexity index is 1030. The van der Waals surface area contributed by atoms with Gasteiger partial charge in [0.25, 0.3) is 5.91 Å². The third-order valence-electron chi connectivity index (χ3n) is 3.62. The molecule has 0 bridgehead atoms. The Morgan fingerprint density at radius 2 is 1.62 bits per heavy atom. The van der Waals surface area contributed by atoms with E-state index in [1.807, 2.05) is 0 Å². The predicted molar refractivity (Wildman–Crippen MR) is 112 cm³/mol. The number of benzene rings is 2. The van der Waals surface area contributed by atoms with Gasteiger partial charge in [-0.3, -0.25) is 10.1 Å². The van der Waals surface area contributed by atoms with Crippen molar-refractivity contribution in [1.29, 1.82) is 0 Å². The van der Waals surface area contributed by atoms with Gasteiger partial charge in [-0.25, -0.2) is 14.2 Å². The van der Waals surface area contributed by atoms with Crippen LogP contribution in [0.3, 0.4) is 0 Å². The first kappa shape index (κ1) is 20.5. The third kappa shape index (κ3) is 5.61. The molecular formula is C21H20FN3O3S. The van der Waals surface area contributed by atoms with Crippen LogP contribution in [0, 0.1) is 5.82 Å². The Labute approximate surface area is 171 Å². The van der Waals surface area contributed by atoms with Crippen LogP contribution >= 0.6 is 11.3 Å². The lowest BCUT2D eigenvalue weighted by atomic mass is 10.2. The molecule has 2 amide bonds. The van der Waals surface area contributed by atoms with Crippen molar-refractivity contribution in [3.63, 3.8) is 0 Å². The van der Waals surface area contributed by atoms with Gasteiger partial charge in [0.1, 0.15) is 21.3 Å². The Hall–Kier alpha value is -3.26. The Kier molecular flexibility index (Phi) is 5.93. The smallest absolute Gasteiger partial charge is 0.412 e. The molecule has 0 atom stereocenters. The zero-order chi connectivity index (χ0) is 21.0. The summed E-state index contributed by atoms with van der Waals surface area (Å²) in [4.78, 5) is 28.7. The largest absolute Gasteiger partial charge is 0.444 e. The first-order valence-corrected chi connectivity index (χ1v) is 9.65. The number of carbonyl (C=O) groups excluding carboxylic acids is 2. The van der Waals surface area contributed by atoms with E-state index in [4.69, 9.17) is 4.74 Å². The second-order valence-electron chi connectivity index (χ2n) is 7.17. The lowest BCUT2D eigenvalue weighted by Gasteiger charge is -2.19. The van der Waals surface area contributed by atoms with Crippen molar-refractivity contribution in [2.24, 2.45) is 0 Å². The van der Waals surface area contributed by atoms with Crippen LogP contribution in [0.15, 0.2) is 54.7 Å². The molecule has 0 spiro atoms. The van der Waals surface area contributed by atoms with Crippen molar-refractivity contribution >= 4 is 34.7 Å². The zero-order valence-electron chi connectivity index (χ0n) is 16.2. The van der Waals surface area contributed by atoms with Gasteiger partial charge in [-0.15, -0.1) is 11.3 Å². The van der Waals surface area contributed by atoms with Gasteiger partial charge in [-0.05, 0) is 57.2 Å². The van der Waals surface area contributed by atoms with E-state index >= 15 is 0 Å². The maximum absolute atomic E-state index is 13.9. The molecule has 8 heteroatoms. The minimum atomic E-state index is -0.589. The second-order valence-corrected chi connectivity index (χ2v) is 8.20. The topological polar surface area (TPSA) is 80.3 Å². The predicted octanol–water partition coefficient (Wildman–Crippen LogP) is 5.55. The number of ether oxygens (including phenoxy) is 1. The third-order valence-corrected chi connectivity index (χ3v) is 4.65. The molecular weight excluding hydrogens is 393 g/mol. The minimum Gasteiger partial charge on any atom is -0.444 e. The number of amides is 2. The highest BCUT2D eigenvalue weighted by atomic mass is 32.1. The SMILES string of the molecule is CC(C)(C)OC(=O)Nc1ccc(NC(=O)c2cnc(-c3ccccc3F)s2)cc1. The van der Waals surface area contributed by atoms with Gasteiger partial charge in [0.2, 0.25) is 0 Å². The van der Waals surface area contributed by atoms with Crippen molar-refractivity contribution < 1.29 is 18.7 Å². The maximum atomic E-state index is 13.9. The maximum Gasteiger partial charge on any atom is 0.412 e. The van der Waals surface area contributed by atoms with Crippen LogP contribution < -0.4 is 10.6 Å². The highest BCUT2D eigenvalue weighted by molar-refractivity contribution is 7.17. The summed E-state index contributed by atoms with van der Waals surface area (Å²) in [6, 6.07) is 12.9. The molecule has 0 aliphatic rings. The van der Waals surface area contributed by atoms with Crippen molar-refractivity contribution in [1.82, 2.24) is 4.98 Å². The fourth-order valence-electron chi connectivity index (χ4n) is 2.39. The molecule has 0 saturated heterocycles. The molecule has 0 unspecified atom stereocenters. The highest BCUT2D eigenvalue weighted by Gasteiger charge is 2.17. The molecule has 150 valence electrons. The van der Waals surface area contributed by atoms with Gasteiger partial charge in [-0.1, -0.05) is 12.1 Å². The van der Waals surface area contributed by atoms with E-state index in [0.717, 1.165) is 11.3 Å². The number of nitrogens with zero attached hydrogens (tertiary/aromatic N) is 1. The molecule has 0 aliphatic carbocycles. The van der Waals surface area contributed by atoms with Crippen molar-refractivity contribution in [3.8, 4) is 10.6 Å². The summed E-state index contributed by atoms with van der Waals surface area (Å²) in [5.74, 6) is -0.736. The molecule has 2 aromatic carbocycles. The van der Waals surface area contributed by atoms with Crippen LogP contribution in [-0.4, -0.2) is 22.6 Å². The van der Waals surface area contributed by atoms with E-state index in [9.17, 15) is 14.0 Å². The first-order chi connectivity index (χ1) is 13.7. The lowest BCUT2D eigenvalue weighted by molar-refractivity contribution is 0.0635. The number of carbonyl (C=O) groups is 2. The molecule has 29 heavy (non-hydrogen) atoms. The van der Waals surface area contributed by atoms with Crippen LogP contribution in [-0.2, 0) is 4.74 Å². The van der Waals surface area contributed by atoms with Gasteiger partial charge in [-0.2, -0.15) is 0 Å². The molecule has 1 aromatic heterocycles. The van der Waals surface area contributed by atoms with E-state index in [1.54, 1.807) is 63.2 Å². The number of anilines is 2. The normalized spacial score (nSPS) is 11.0. The molecule has 0 saturated carbocycles. The van der Waals surface area contributed by atoms with Gasteiger partial charge in [0.15, 0.2) is 0 Å². The fraction of sp³-hybridized carbons (Fsp3) is 0.190. The summed E-state index contributed by atoms with van der Waals surface area (Å²) >= 11 is 1.11. The lowest BCUT2D eigenvalue weighted by Crippen LogP contribution is -2.27. The molecule has 0 fully saturated rings. The van der Waals surface area contributed by atoms with E-state index in [1.165, 1.54) is 12.3 Å². The number of nitrogens with one attached hydrogen (secondary N) is 2. The summed E-state index contributed by atoms with van der Waals surface area (Å²) in [5, 5.41) is 5.81. The highest BCUT2D eigenvalue weighted by Crippen LogP contribution is 2.28. The summed E-state index contributed by atoms with van der Waals surface area (Å²) < 4.78 is 19.1. The number of thiazole rings is 1. The molecule has 3 rings (SSSR count). The van der Waals surface area contributed by atoms with Gasteiger partial charge in [0, 0.05) is 16.9 Å². The summed E-state index contributed by atoms with van der Waals surface area (Å²) in [7, 11) is 0. The number of hydrogen-bond acceptors (Lipinski definition) is 5. The van der Waals surface area contributed by atoms with E-state index in [-0.39, 0.29) is 11.7 Å². The van der Waals surface area contributed by atoms with Gasteiger partial charge >= 0.3 is 6.09 Å². The summed E-state index contributed by atoms with van der Waals surface area (Å²) in [6.45, 7) is 5.34. The fourth-order valence-corrected chi connectivity index (χ4v) is 3.23. The Morgan fingerprint density at radius 3 is 2.24 bits per heavy atom. The number of hydrogen-bond donors (Lipinski definition) is 2. The van der Waals surface area contributed by atoms with E-state index in [0.29, 0.717) is 26.8 Å². The molecule has 6 nitrogen and oxygen atoms in total. The average molecular weight is 413 g/mol. The van der Waals surface area contributed by atoms with E-state index in [2.05, 4.69) is 15.6 Å². The number of rotatable bonds is 4. The van der Waals surface area contributed by atoms with Gasteiger partial charge in [0.05, 0.1) is 6.20 Å². The molecule has 1 heterocycles. The minimum absolute atomic E-state index is 0.349. The second kappa shape index (κ2) is 8.40. The molecule has 0 radical (unpaired) electrons. The van der Waals surface area contributed by atoms with Crippen LogP contribution in [0.4, 0.5) is 20.6 Å². The zero-order valence-corrected chi connectivity index (χ0v) is 17.0. The Balaban J connectivity index is 1.63. The van der Waals surface area contributed by atoms with Crippen molar-refractivity contribution in [2.75, 3.05) is 10.6 Å². The summed E-state index contributed by atoms with van der Waals surface area (Å²) in [5.41, 5.74) is 0.852. The summed E-state index contributed by atoms with van der Waals surface area (Å²) in [6.07, 6.45) is 0.861. The molecule has 0 aliphatic heterocycles. The number of aromatic nitrogens is 1. The quantitative estimate of drug-likeness (QED) is 0.588. The number of halogens is 1. The molecule has 3 aromatic rings. The van der Waals surface area contributed by atoms with Crippen molar-refractivity contribution in [2.45, 2.75) is 26.4 Å². The van der Waals surface area contributed by atoms with Crippen molar-refractivity contribution in [3.05, 3.63) is 65.4 Å². The van der Waals surface area contributed by atoms with Crippen LogP contribution in [0.25, 0.3) is 10.6 Å². The molecule has 2 N–H and O–H groups in total. The Morgan fingerprint density at radius 1 is 1.00 bits per heavy atom. The van der Waals surface area contributed by atoms with Crippen LogP contribution in [0.2, 0.25) is 0 Å².